The topological polar surface area (TPSA) is 237 Å². The summed E-state index contributed by atoms with van der Waals surface area (Å²) in [6.45, 7) is 9.73. The number of ether oxygens (including phenoxy) is 4. The molecular weight excluding hydrogens is 1470 g/mol. The van der Waals surface area contributed by atoms with E-state index in [9.17, 15) is 43.2 Å². The number of aliphatic hydroxyl groups is 1. The van der Waals surface area contributed by atoms with E-state index in [1.54, 1.807) is 0 Å². The molecule has 0 saturated carbocycles. The van der Waals surface area contributed by atoms with E-state index in [0.29, 0.717) is 31.6 Å². The van der Waals surface area contributed by atoms with E-state index in [2.05, 4.69) is 41.5 Å². The van der Waals surface area contributed by atoms with Gasteiger partial charge in [-0.15, -0.1) is 0 Å². The van der Waals surface area contributed by atoms with Crippen LogP contribution in [0.3, 0.4) is 0 Å². The third kappa shape index (κ3) is 86.4. The molecule has 0 saturated heterocycles. The Morgan fingerprint density at radius 3 is 0.667 bits per heavy atom. The van der Waals surface area contributed by atoms with Crippen molar-refractivity contribution in [3.05, 3.63) is 0 Å². The predicted octanol–water partition coefficient (Wildman–Crippen LogP) is 29.7. The smallest absolute Gasteiger partial charge is 0.462 e. The molecule has 678 valence electrons. The van der Waals surface area contributed by atoms with Gasteiger partial charge in [0.15, 0.2) is 12.2 Å². The Morgan fingerprint density at radius 2 is 0.447 bits per heavy atom. The molecule has 19 heteroatoms. The average molecular weight is 1660 g/mol. The predicted molar refractivity (Wildman–Crippen MR) is 474 cm³/mol. The molecule has 3 N–H and O–H groups in total. The summed E-state index contributed by atoms with van der Waals surface area (Å²) in [6.07, 6.45) is 82.3. The summed E-state index contributed by atoms with van der Waals surface area (Å²) in [6, 6.07) is 0. The molecule has 6 atom stereocenters. The molecule has 0 aromatic carbocycles. The Balaban J connectivity index is 5.20. The summed E-state index contributed by atoms with van der Waals surface area (Å²) in [7, 11) is -9.94. The average Bonchev–Trinajstić information content (AvgIpc) is 0.898. The number of rotatable bonds is 94. The minimum Gasteiger partial charge on any atom is -0.462 e. The van der Waals surface area contributed by atoms with Crippen molar-refractivity contribution in [3.63, 3.8) is 0 Å². The van der Waals surface area contributed by atoms with Crippen molar-refractivity contribution in [1.82, 2.24) is 0 Å². The molecule has 0 radical (unpaired) electrons. The van der Waals surface area contributed by atoms with Gasteiger partial charge in [0.2, 0.25) is 0 Å². The maximum atomic E-state index is 13.2. The summed E-state index contributed by atoms with van der Waals surface area (Å²) in [5.74, 6) is -0.519. The zero-order valence-electron chi connectivity index (χ0n) is 75.4. The molecule has 0 aliphatic heterocycles. The summed E-state index contributed by atoms with van der Waals surface area (Å²) in [5, 5.41) is 10.7. The number of aliphatic hydroxyl groups excluding tert-OH is 1. The second-order valence-corrected chi connectivity index (χ2v) is 37.7. The fraction of sp³-hybridized carbons (Fsp3) is 0.958. The number of hydrogen-bond acceptors (Lipinski definition) is 15. The number of unbranched alkanes of at least 4 members (excludes halogenated alkanes) is 63. The Labute approximate surface area is 702 Å². The van der Waals surface area contributed by atoms with Gasteiger partial charge in [0, 0.05) is 25.7 Å². The van der Waals surface area contributed by atoms with Gasteiger partial charge in [-0.05, 0) is 37.5 Å². The first-order chi connectivity index (χ1) is 55.4. The molecular formula is C95H186O17P2. The van der Waals surface area contributed by atoms with Crippen molar-refractivity contribution in [3.8, 4) is 0 Å². The minimum atomic E-state index is -4.97. The van der Waals surface area contributed by atoms with Crippen LogP contribution in [0.4, 0.5) is 0 Å². The lowest BCUT2D eigenvalue weighted by Crippen LogP contribution is -2.30. The van der Waals surface area contributed by atoms with Crippen molar-refractivity contribution < 1.29 is 80.2 Å². The molecule has 17 nitrogen and oxygen atoms in total. The standard InChI is InChI=1S/C95H186O17P2/c1-7-10-12-14-16-18-20-22-24-26-28-30-31-33-37-41-45-49-53-59-65-71-77-92(97)105-83-90(111-94(99)79-73-68-61-55-51-47-43-39-35-34-36-40-44-48-52-58-64-70-76-88(6)9-3)85-109-113(101,102)107-81-89(96)82-108-114(103,104)110-86-91(84-106-93(98)78-72-66-62-56-57-63-69-75-87(4)5)112-95(100)80-74-67-60-54-50-46-42-38-32-29-27-25-23-21-19-17-15-13-11-8-2/h87-91,96H,7-86H2,1-6H3,(H,101,102)(H,103,104)/t88?,89-,90-,91-/m1/s1. The summed E-state index contributed by atoms with van der Waals surface area (Å²) < 4.78 is 69.1. The molecule has 0 bridgehead atoms. The molecule has 0 aromatic rings. The molecule has 0 heterocycles. The first-order valence-corrected chi connectivity index (χ1v) is 52.0. The van der Waals surface area contributed by atoms with Crippen LogP contribution in [-0.2, 0) is 65.4 Å². The Hall–Kier alpha value is -1.94. The zero-order chi connectivity index (χ0) is 83.4. The van der Waals surface area contributed by atoms with Gasteiger partial charge >= 0.3 is 39.5 Å². The SMILES string of the molecule is CCCCCCCCCCCCCCCCCCCCCCCCC(=O)OC[C@H](COP(=O)(O)OC[C@@H](O)COP(=O)(O)OC[C@@H](COC(=O)CCCCCCCCCC(C)C)OC(=O)CCCCCCCCCCCCCCCCCCCCCC)OC(=O)CCCCCCCCCCCCCCCCCCCCC(C)CC. The van der Waals surface area contributed by atoms with Gasteiger partial charge in [0.25, 0.3) is 0 Å². The normalized spacial score (nSPS) is 13.9. The second kappa shape index (κ2) is 86.0. The molecule has 0 fully saturated rings. The molecule has 0 aromatic heterocycles. The number of phosphoric ester groups is 2. The number of carbonyl (C=O) groups excluding carboxylic acids is 4. The Kier molecular flexibility index (Phi) is 84.6. The van der Waals surface area contributed by atoms with E-state index < -0.39 is 97.5 Å². The van der Waals surface area contributed by atoms with Crippen molar-refractivity contribution in [2.75, 3.05) is 39.6 Å². The number of phosphoric acid groups is 2. The molecule has 0 aliphatic rings. The maximum absolute atomic E-state index is 13.2. The van der Waals surface area contributed by atoms with Gasteiger partial charge in [-0.3, -0.25) is 37.3 Å². The van der Waals surface area contributed by atoms with Crippen LogP contribution in [0.2, 0.25) is 0 Å². The van der Waals surface area contributed by atoms with E-state index >= 15 is 0 Å². The van der Waals surface area contributed by atoms with Crippen LogP contribution in [0, 0.1) is 11.8 Å². The monoisotopic (exact) mass is 1660 g/mol. The summed E-state index contributed by atoms with van der Waals surface area (Å²) in [4.78, 5) is 73.5. The van der Waals surface area contributed by atoms with Crippen molar-refractivity contribution in [2.24, 2.45) is 11.8 Å². The summed E-state index contributed by atoms with van der Waals surface area (Å²) in [5.41, 5.74) is 0. The van der Waals surface area contributed by atoms with Gasteiger partial charge in [-0.1, -0.05) is 465 Å². The van der Waals surface area contributed by atoms with Gasteiger partial charge in [-0.25, -0.2) is 9.13 Å². The first kappa shape index (κ1) is 112. The molecule has 114 heavy (non-hydrogen) atoms. The first-order valence-electron chi connectivity index (χ1n) is 49.0. The van der Waals surface area contributed by atoms with Crippen LogP contribution in [0.1, 0.15) is 517 Å². The zero-order valence-corrected chi connectivity index (χ0v) is 77.2. The molecule has 0 rings (SSSR count). The fourth-order valence-corrected chi connectivity index (χ4v) is 16.6. The molecule has 0 spiro atoms. The quantitative estimate of drug-likeness (QED) is 0.0222. The third-order valence-corrected chi connectivity index (χ3v) is 24.7. The van der Waals surface area contributed by atoms with Crippen LogP contribution >= 0.6 is 15.6 Å². The van der Waals surface area contributed by atoms with Gasteiger partial charge < -0.3 is 33.8 Å². The van der Waals surface area contributed by atoms with E-state index in [-0.39, 0.29) is 25.7 Å². The molecule has 0 amide bonds. The lowest BCUT2D eigenvalue weighted by atomic mass is 9.99. The van der Waals surface area contributed by atoms with Crippen molar-refractivity contribution >= 4 is 39.5 Å². The van der Waals surface area contributed by atoms with Gasteiger partial charge in [-0.2, -0.15) is 0 Å². The van der Waals surface area contributed by atoms with Crippen LogP contribution in [0.25, 0.3) is 0 Å². The highest BCUT2D eigenvalue weighted by Gasteiger charge is 2.31. The van der Waals surface area contributed by atoms with Crippen LogP contribution in [0.5, 0.6) is 0 Å². The van der Waals surface area contributed by atoms with Crippen LogP contribution in [0.15, 0.2) is 0 Å². The number of hydrogen-bond donors (Lipinski definition) is 3. The molecule has 0 aliphatic carbocycles. The highest BCUT2D eigenvalue weighted by molar-refractivity contribution is 7.47. The van der Waals surface area contributed by atoms with Gasteiger partial charge in [0.05, 0.1) is 26.4 Å². The van der Waals surface area contributed by atoms with E-state index in [0.717, 1.165) is 102 Å². The number of carbonyl (C=O) groups is 4. The highest BCUT2D eigenvalue weighted by atomic mass is 31.2. The largest absolute Gasteiger partial charge is 0.472 e. The fourth-order valence-electron chi connectivity index (χ4n) is 15.0. The second-order valence-electron chi connectivity index (χ2n) is 34.8. The van der Waals surface area contributed by atoms with Crippen molar-refractivity contribution in [2.45, 2.75) is 535 Å². The lowest BCUT2D eigenvalue weighted by Gasteiger charge is -2.21. The maximum Gasteiger partial charge on any atom is 0.472 e. The van der Waals surface area contributed by atoms with Crippen molar-refractivity contribution in [1.29, 1.82) is 0 Å². The van der Waals surface area contributed by atoms with E-state index in [4.69, 9.17) is 37.0 Å². The van der Waals surface area contributed by atoms with Crippen LogP contribution < -0.4 is 0 Å². The summed E-state index contributed by atoms with van der Waals surface area (Å²) >= 11 is 0. The minimum absolute atomic E-state index is 0.108. The van der Waals surface area contributed by atoms with Gasteiger partial charge in [0.1, 0.15) is 19.3 Å². The molecule has 3 unspecified atom stereocenters. The highest BCUT2D eigenvalue weighted by Crippen LogP contribution is 2.45. The Bertz CT molecular complexity index is 2170. The Morgan fingerprint density at radius 1 is 0.254 bits per heavy atom. The third-order valence-electron chi connectivity index (χ3n) is 22.8. The van der Waals surface area contributed by atoms with E-state index in [1.807, 2.05) is 0 Å². The van der Waals surface area contributed by atoms with E-state index in [1.165, 1.54) is 327 Å². The lowest BCUT2D eigenvalue weighted by molar-refractivity contribution is -0.161. The van der Waals surface area contributed by atoms with Crippen LogP contribution in [-0.4, -0.2) is 96.7 Å². The number of esters is 4.